The highest BCUT2D eigenvalue weighted by Gasteiger charge is 2.13. The van der Waals surface area contributed by atoms with Crippen molar-refractivity contribution in [2.24, 2.45) is 0 Å². The highest BCUT2D eigenvalue weighted by Crippen LogP contribution is 2.32. The van der Waals surface area contributed by atoms with Crippen molar-refractivity contribution in [3.63, 3.8) is 0 Å². The van der Waals surface area contributed by atoms with Crippen LogP contribution >= 0.6 is 15.9 Å². The van der Waals surface area contributed by atoms with Gasteiger partial charge in [-0.2, -0.15) is 0 Å². The third-order valence-electron chi connectivity index (χ3n) is 2.82. The molecule has 1 aromatic carbocycles. The molecule has 0 radical (unpaired) electrons. The molecular weight excluding hydrogens is 276 g/mol. The number of ether oxygens (including phenoxy) is 1. The van der Waals surface area contributed by atoms with Gasteiger partial charge in [0.05, 0.1) is 13.4 Å². The number of hydrogen-bond donors (Lipinski definition) is 0. The quantitative estimate of drug-likeness (QED) is 0.684. The van der Waals surface area contributed by atoms with Crippen LogP contribution in [0, 0.1) is 0 Å². The van der Waals surface area contributed by atoms with Gasteiger partial charge >= 0.3 is 0 Å². The molecular formula is C15H21BrO. The minimum absolute atomic E-state index is 0.501. The third-order valence-corrected chi connectivity index (χ3v) is 3.28. The summed E-state index contributed by atoms with van der Waals surface area (Å²) in [4.78, 5) is 0. The van der Waals surface area contributed by atoms with E-state index < -0.39 is 0 Å². The monoisotopic (exact) mass is 296 g/mol. The predicted molar refractivity (Wildman–Crippen MR) is 78.4 cm³/mol. The van der Waals surface area contributed by atoms with Gasteiger partial charge in [-0.3, -0.25) is 0 Å². The van der Waals surface area contributed by atoms with Crippen LogP contribution in [-0.4, -0.2) is 7.11 Å². The Bertz CT molecular complexity index is 376. The zero-order valence-electron chi connectivity index (χ0n) is 11.3. The Balaban J connectivity index is 3.41. The molecule has 94 valence electrons. The molecule has 0 unspecified atom stereocenters. The van der Waals surface area contributed by atoms with Crippen LogP contribution in [0.4, 0.5) is 0 Å². The summed E-state index contributed by atoms with van der Waals surface area (Å²) in [5.41, 5.74) is 4.01. The first-order valence-corrected chi connectivity index (χ1v) is 6.79. The Hall–Kier alpha value is -0.760. The van der Waals surface area contributed by atoms with E-state index in [2.05, 4.69) is 61.8 Å². The minimum Gasteiger partial charge on any atom is -0.504 e. The van der Waals surface area contributed by atoms with Crippen LogP contribution in [0.3, 0.4) is 0 Å². The minimum atomic E-state index is 0.501. The molecule has 0 aliphatic rings. The van der Waals surface area contributed by atoms with Gasteiger partial charge in [0.25, 0.3) is 0 Å². The molecule has 0 amide bonds. The maximum atomic E-state index is 5.05. The molecule has 0 spiro atoms. The van der Waals surface area contributed by atoms with E-state index in [0.29, 0.717) is 11.8 Å². The molecule has 2 heteroatoms. The molecule has 0 aliphatic heterocycles. The van der Waals surface area contributed by atoms with Crippen molar-refractivity contribution in [1.82, 2.24) is 0 Å². The van der Waals surface area contributed by atoms with Gasteiger partial charge in [0.1, 0.15) is 0 Å². The second-order valence-electron chi connectivity index (χ2n) is 4.85. The molecule has 0 aromatic heterocycles. The molecule has 0 aliphatic carbocycles. The van der Waals surface area contributed by atoms with E-state index in [9.17, 15) is 0 Å². The Morgan fingerprint density at radius 2 is 1.53 bits per heavy atom. The summed E-state index contributed by atoms with van der Waals surface area (Å²) in [5, 5.41) is 0. The summed E-state index contributed by atoms with van der Waals surface area (Å²) < 4.78 is 6.21. The zero-order chi connectivity index (χ0) is 13.0. The molecule has 17 heavy (non-hydrogen) atoms. The average Bonchev–Trinajstić information content (AvgIpc) is 2.26. The molecule has 0 fully saturated rings. The highest BCUT2D eigenvalue weighted by molar-refractivity contribution is 9.10. The summed E-state index contributed by atoms with van der Waals surface area (Å²) in [5.74, 6) is 1.00. The lowest BCUT2D eigenvalue weighted by Gasteiger charge is -2.18. The van der Waals surface area contributed by atoms with Crippen molar-refractivity contribution >= 4 is 22.0 Å². The fourth-order valence-corrected chi connectivity index (χ4v) is 2.44. The molecule has 0 saturated carbocycles. The Labute approximate surface area is 113 Å². The van der Waals surface area contributed by atoms with Crippen LogP contribution in [0.1, 0.15) is 56.2 Å². The maximum absolute atomic E-state index is 5.05. The van der Waals surface area contributed by atoms with Crippen molar-refractivity contribution in [3.05, 3.63) is 39.6 Å². The first-order chi connectivity index (χ1) is 7.97. The third kappa shape index (κ3) is 3.60. The molecule has 0 saturated heterocycles. The zero-order valence-corrected chi connectivity index (χ0v) is 12.8. The van der Waals surface area contributed by atoms with Crippen LogP contribution in [0.25, 0.3) is 6.08 Å². The average molecular weight is 297 g/mol. The van der Waals surface area contributed by atoms with Gasteiger partial charge in [-0.05, 0) is 46.7 Å². The van der Waals surface area contributed by atoms with E-state index in [1.165, 1.54) is 16.7 Å². The molecule has 1 aromatic rings. The van der Waals surface area contributed by atoms with Crippen LogP contribution in [0.5, 0.6) is 0 Å². The van der Waals surface area contributed by atoms with E-state index >= 15 is 0 Å². The SMILES string of the molecule is COC=Cc1c(C(C)C)cc(Br)cc1C(C)C. The molecule has 0 N–H and O–H groups in total. The Kier molecular flexibility index (Phi) is 5.26. The number of hydrogen-bond acceptors (Lipinski definition) is 1. The van der Waals surface area contributed by atoms with Gasteiger partial charge in [0, 0.05) is 4.47 Å². The van der Waals surface area contributed by atoms with Gasteiger partial charge < -0.3 is 4.74 Å². The summed E-state index contributed by atoms with van der Waals surface area (Å²) >= 11 is 3.60. The highest BCUT2D eigenvalue weighted by atomic mass is 79.9. The van der Waals surface area contributed by atoms with Crippen LogP contribution in [0.2, 0.25) is 0 Å². The van der Waals surface area contributed by atoms with Gasteiger partial charge in [-0.15, -0.1) is 0 Å². The molecule has 0 heterocycles. The summed E-state index contributed by atoms with van der Waals surface area (Å²) in [6.07, 6.45) is 3.82. The van der Waals surface area contributed by atoms with Crippen LogP contribution < -0.4 is 0 Å². The van der Waals surface area contributed by atoms with Crippen molar-refractivity contribution < 1.29 is 4.74 Å². The number of rotatable bonds is 4. The first kappa shape index (κ1) is 14.3. The van der Waals surface area contributed by atoms with Gasteiger partial charge in [0.2, 0.25) is 0 Å². The Morgan fingerprint density at radius 3 is 1.88 bits per heavy atom. The Morgan fingerprint density at radius 1 is 1.06 bits per heavy atom. The largest absolute Gasteiger partial charge is 0.504 e. The maximum Gasteiger partial charge on any atom is 0.0830 e. The van der Waals surface area contributed by atoms with Gasteiger partial charge in [-0.25, -0.2) is 0 Å². The lowest BCUT2D eigenvalue weighted by atomic mass is 9.89. The van der Waals surface area contributed by atoms with Crippen LogP contribution in [-0.2, 0) is 4.74 Å². The number of halogens is 1. The van der Waals surface area contributed by atoms with E-state index in [0.717, 1.165) is 4.47 Å². The van der Waals surface area contributed by atoms with E-state index in [-0.39, 0.29) is 0 Å². The summed E-state index contributed by atoms with van der Waals surface area (Å²) in [7, 11) is 1.68. The second-order valence-corrected chi connectivity index (χ2v) is 5.76. The van der Waals surface area contributed by atoms with Crippen molar-refractivity contribution in [3.8, 4) is 0 Å². The van der Waals surface area contributed by atoms with E-state index in [1.54, 1.807) is 13.4 Å². The standard InChI is InChI=1S/C15H21BrO/c1-10(2)14-8-12(16)9-15(11(3)4)13(14)6-7-17-5/h6-11H,1-5H3. The topological polar surface area (TPSA) is 9.23 Å². The molecule has 1 nitrogen and oxygen atoms in total. The lowest BCUT2D eigenvalue weighted by molar-refractivity contribution is 0.341. The fourth-order valence-electron chi connectivity index (χ4n) is 1.94. The number of methoxy groups -OCH3 is 1. The fraction of sp³-hybridized carbons (Fsp3) is 0.467. The van der Waals surface area contributed by atoms with Crippen molar-refractivity contribution in [2.45, 2.75) is 39.5 Å². The smallest absolute Gasteiger partial charge is 0.0830 e. The first-order valence-electron chi connectivity index (χ1n) is 6.00. The van der Waals surface area contributed by atoms with Gasteiger partial charge in [0.15, 0.2) is 0 Å². The van der Waals surface area contributed by atoms with Crippen LogP contribution in [0.15, 0.2) is 22.9 Å². The predicted octanol–water partition coefficient (Wildman–Crippen LogP) is 5.31. The molecule has 0 bridgehead atoms. The lowest BCUT2D eigenvalue weighted by Crippen LogP contribution is -2.00. The van der Waals surface area contributed by atoms with E-state index in [1.807, 2.05) is 0 Å². The number of benzene rings is 1. The molecule has 1 rings (SSSR count). The van der Waals surface area contributed by atoms with Crippen molar-refractivity contribution in [1.29, 1.82) is 0 Å². The second kappa shape index (κ2) is 6.25. The van der Waals surface area contributed by atoms with E-state index in [4.69, 9.17) is 4.74 Å². The summed E-state index contributed by atoms with van der Waals surface area (Å²) in [6.45, 7) is 8.87. The normalized spacial score (nSPS) is 11.8. The summed E-state index contributed by atoms with van der Waals surface area (Å²) in [6, 6.07) is 4.40. The van der Waals surface area contributed by atoms with Crippen molar-refractivity contribution in [2.75, 3.05) is 7.11 Å². The van der Waals surface area contributed by atoms with Gasteiger partial charge in [-0.1, -0.05) is 43.6 Å². The molecule has 0 atom stereocenters.